The van der Waals surface area contributed by atoms with Crippen molar-refractivity contribution in [2.24, 2.45) is 0 Å². The molecule has 2 atom stereocenters. The van der Waals surface area contributed by atoms with Crippen molar-refractivity contribution in [3.05, 3.63) is 30.3 Å². The molecule has 1 aromatic rings. The smallest absolute Gasteiger partial charge is 0.410 e. The molecular formula is C10H11ClNO2P. The normalized spacial score (nSPS) is 16.1. The second kappa shape index (κ2) is 5.23. The van der Waals surface area contributed by atoms with E-state index >= 15 is 0 Å². The lowest BCUT2D eigenvalue weighted by Crippen LogP contribution is -2.21. The van der Waals surface area contributed by atoms with Crippen molar-refractivity contribution < 1.29 is 9.09 Å². The predicted octanol–water partition coefficient (Wildman–Crippen LogP) is 3.02. The van der Waals surface area contributed by atoms with E-state index in [0.717, 1.165) is 0 Å². The summed E-state index contributed by atoms with van der Waals surface area (Å²) in [5, 5.41) is 2.52. The Hall–Kier alpha value is -0.940. The van der Waals surface area contributed by atoms with Gasteiger partial charge in [0.1, 0.15) is 5.75 Å². The Kier molecular flexibility index (Phi) is 4.23. The largest absolute Gasteiger partial charge is 0.422 e. The molecule has 0 fully saturated rings. The summed E-state index contributed by atoms with van der Waals surface area (Å²) in [5.74, 6) is 2.80. The molecule has 0 spiro atoms. The third-order valence-electron chi connectivity index (χ3n) is 1.56. The number of benzene rings is 1. The van der Waals surface area contributed by atoms with E-state index in [9.17, 15) is 4.57 Å². The zero-order valence-electron chi connectivity index (χ0n) is 8.18. The Morgan fingerprint density at radius 3 is 2.67 bits per heavy atom. The fourth-order valence-corrected chi connectivity index (χ4v) is 2.57. The molecule has 0 aliphatic heterocycles. The van der Waals surface area contributed by atoms with Gasteiger partial charge in [-0.1, -0.05) is 24.1 Å². The molecule has 1 N–H and O–H groups in total. The van der Waals surface area contributed by atoms with E-state index in [1.165, 1.54) is 0 Å². The molecule has 5 heteroatoms. The maximum Gasteiger partial charge on any atom is 0.410 e. The second-order valence-corrected chi connectivity index (χ2v) is 5.64. The van der Waals surface area contributed by atoms with Crippen LogP contribution in [0.25, 0.3) is 0 Å². The molecule has 0 aliphatic carbocycles. The summed E-state index contributed by atoms with van der Waals surface area (Å²) in [5.41, 5.74) is 0. The van der Waals surface area contributed by atoms with Gasteiger partial charge in [0.15, 0.2) is 0 Å². The van der Waals surface area contributed by atoms with Gasteiger partial charge in [-0.25, -0.2) is 9.65 Å². The molecule has 0 heterocycles. The molecule has 80 valence electrons. The zero-order valence-corrected chi connectivity index (χ0v) is 9.83. The van der Waals surface area contributed by atoms with Gasteiger partial charge in [-0.15, -0.1) is 6.42 Å². The Balaban J connectivity index is 2.66. The molecule has 0 bridgehead atoms. The van der Waals surface area contributed by atoms with Crippen molar-refractivity contribution in [3.8, 4) is 18.1 Å². The van der Waals surface area contributed by atoms with Gasteiger partial charge in [-0.3, -0.25) is 0 Å². The molecule has 0 saturated carbocycles. The van der Waals surface area contributed by atoms with Crippen LogP contribution in [0.2, 0.25) is 0 Å². The van der Waals surface area contributed by atoms with Crippen LogP contribution >= 0.6 is 18.1 Å². The van der Waals surface area contributed by atoms with E-state index < -0.39 is 12.9 Å². The van der Waals surface area contributed by atoms with Gasteiger partial charge >= 0.3 is 6.87 Å². The lowest BCUT2D eigenvalue weighted by Gasteiger charge is -2.15. The highest BCUT2D eigenvalue weighted by Crippen LogP contribution is 2.48. The highest BCUT2D eigenvalue weighted by molar-refractivity contribution is 7.84. The average Bonchev–Trinajstić information content (AvgIpc) is 2.17. The fourth-order valence-electron chi connectivity index (χ4n) is 0.912. The minimum atomic E-state index is -3.41. The summed E-state index contributed by atoms with van der Waals surface area (Å²) in [6, 6.07) is 8.27. The Bertz CT molecular complexity index is 402. The maximum absolute atomic E-state index is 11.7. The SMILES string of the molecule is C#C[C@@H](C)NP(=O)(Cl)Oc1ccccc1. The third kappa shape index (κ3) is 4.40. The maximum atomic E-state index is 11.7. The van der Waals surface area contributed by atoms with Crippen molar-refractivity contribution in [3.63, 3.8) is 0 Å². The summed E-state index contributed by atoms with van der Waals surface area (Å²) in [6.07, 6.45) is 5.12. The van der Waals surface area contributed by atoms with E-state index in [4.69, 9.17) is 22.2 Å². The van der Waals surface area contributed by atoms with Crippen LogP contribution in [0.4, 0.5) is 0 Å². The summed E-state index contributed by atoms with van der Waals surface area (Å²) < 4.78 is 16.8. The lowest BCUT2D eigenvalue weighted by molar-refractivity contribution is 0.481. The number of halogens is 1. The molecule has 3 nitrogen and oxygen atoms in total. The minimum Gasteiger partial charge on any atom is -0.422 e. The summed E-state index contributed by atoms with van der Waals surface area (Å²) in [4.78, 5) is 0. The van der Waals surface area contributed by atoms with E-state index in [2.05, 4.69) is 11.0 Å². The van der Waals surface area contributed by atoms with Crippen molar-refractivity contribution in [1.82, 2.24) is 5.09 Å². The number of para-hydroxylation sites is 1. The van der Waals surface area contributed by atoms with Crippen molar-refractivity contribution in [2.45, 2.75) is 13.0 Å². The van der Waals surface area contributed by atoms with Gasteiger partial charge in [0, 0.05) is 11.2 Å². The molecule has 1 rings (SSSR count). The molecule has 0 aromatic heterocycles. The first-order valence-corrected chi connectivity index (χ1v) is 6.85. The van der Waals surface area contributed by atoms with Crippen LogP contribution in [0.1, 0.15) is 6.92 Å². The molecular weight excluding hydrogens is 233 g/mol. The van der Waals surface area contributed by atoms with Crippen molar-refractivity contribution >= 4 is 18.1 Å². The highest BCUT2D eigenvalue weighted by Gasteiger charge is 2.22. The number of nitrogens with one attached hydrogen (secondary N) is 1. The van der Waals surface area contributed by atoms with Crippen molar-refractivity contribution in [2.75, 3.05) is 0 Å². The number of hydrogen-bond donors (Lipinski definition) is 1. The van der Waals surface area contributed by atoms with Gasteiger partial charge in [0.2, 0.25) is 0 Å². The van der Waals surface area contributed by atoms with Crippen LogP contribution in [0, 0.1) is 12.3 Å². The van der Waals surface area contributed by atoms with Gasteiger partial charge in [-0.05, 0) is 19.1 Å². The molecule has 1 unspecified atom stereocenters. The topological polar surface area (TPSA) is 38.3 Å². The van der Waals surface area contributed by atoms with Gasteiger partial charge in [0.25, 0.3) is 0 Å². The van der Waals surface area contributed by atoms with Gasteiger partial charge < -0.3 is 4.52 Å². The summed E-state index contributed by atoms with van der Waals surface area (Å²) in [7, 11) is 0. The fraction of sp³-hybridized carbons (Fsp3) is 0.200. The standard InChI is InChI=1S/C10H11ClNO2P/c1-3-9(2)12-15(11,13)14-10-7-5-4-6-8-10/h1,4-9H,2H3,(H,12,13)/t9-,15?/m1/s1. The summed E-state index contributed by atoms with van der Waals surface area (Å²) >= 11 is 5.67. The van der Waals surface area contributed by atoms with Crippen LogP contribution in [0.5, 0.6) is 5.75 Å². The number of rotatable bonds is 4. The quantitative estimate of drug-likeness (QED) is 0.653. The van der Waals surface area contributed by atoms with E-state index in [1.807, 2.05) is 6.07 Å². The average molecular weight is 244 g/mol. The molecule has 1 aromatic carbocycles. The predicted molar refractivity (Wildman–Crippen MR) is 62.0 cm³/mol. The highest BCUT2D eigenvalue weighted by atomic mass is 35.7. The van der Waals surface area contributed by atoms with E-state index in [0.29, 0.717) is 5.75 Å². The van der Waals surface area contributed by atoms with Crippen LogP contribution in [-0.4, -0.2) is 6.04 Å². The molecule has 0 radical (unpaired) electrons. The molecule has 0 saturated heterocycles. The number of terminal acetylenes is 1. The summed E-state index contributed by atoms with van der Waals surface area (Å²) in [6.45, 7) is -1.74. The monoisotopic (exact) mass is 243 g/mol. The molecule has 0 amide bonds. The van der Waals surface area contributed by atoms with Crippen LogP contribution in [0.3, 0.4) is 0 Å². The van der Waals surface area contributed by atoms with Gasteiger partial charge in [-0.2, -0.15) is 0 Å². The first-order valence-electron chi connectivity index (χ1n) is 4.32. The van der Waals surface area contributed by atoms with Gasteiger partial charge in [0.05, 0.1) is 6.04 Å². The lowest BCUT2D eigenvalue weighted by atomic mass is 10.3. The van der Waals surface area contributed by atoms with Crippen LogP contribution in [-0.2, 0) is 4.57 Å². The molecule has 15 heavy (non-hydrogen) atoms. The minimum absolute atomic E-state index is 0.406. The Labute approximate surface area is 94.1 Å². The first kappa shape index (κ1) is 12.1. The van der Waals surface area contributed by atoms with E-state index in [1.54, 1.807) is 31.2 Å². The number of hydrogen-bond acceptors (Lipinski definition) is 2. The van der Waals surface area contributed by atoms with E-state index in [-0.39, 0.29) is 0 Å². The second-order valence-electron chi connectivity index (χ2n) is 2.90. The first-order chi connectivity index (χ1) is 7.03. The van der Waals surface area contributed by atoms with Crippen LogP contribution < -0.4 is 9.61 Å². The van der Waals surface area contributed by atoms with Crippen LogP contribution in [0.15, 0.2) is 30.3 Å². The Morgan fingerprint density at radius 2 is 2.13 bits per heavy atom. The van der Waals surface area contributed by atoms with Crippen molar-refractivity contribution in [1.29, 1.82) is 0 Å². The third-order valence-corrected chi connectivity index (χ3v) is 3.21. The molecule has 0 aliphatic rings. The zero-order chi connectivity index (χ0) is 11.3. The Morgan fingerprint density at radius 1 is 1.53 bits per heavy atom.